The van der Waals surface area contributed by atoms with Gasteiger partial charge in [-0.3, -0.25) is 9.69 Å². The third-order valence-corrected chi connectivity index (χ3v) is 3.34. The quantitative estimate of drug-likeness (QED) is 0.788. The lowest BCUT2D eigenvalue weighted by Crippen LogP contribution is -2.37. The van der Waals surface area contributed by atoms with E-state index >= 15 is 0 Å². The number of hydrogen-bond donors (Lipinski definition) is 0. The van der Waals surface area contributed by atoms with E-state index in [2.05, 4.69) is 9.55 Å². The zero-order valence-corrected chi connectivity index (χ0v) is 10.4. The first kappa shape index (κ1) is 12.0. The molecule has 0 saturated heterocycles. The van der Waals surface area contributed by atoms with Crippen LogP contribution in [-0.4, -0.2) is 33.3 Å². The average molecular weight is 259 g/mol. The van der Waals surface area contributed by atoms with E-state index in [4.69, 9.17) is 0 Å². The summed E-state index contributed by atoms with van der Waals surface area (Å²) in [5, 5.41) is 0. The van der Waals surface area contributed by atoms with Gasteiger partial charge >= 0.3 is 0 Å². The normalized spacial score (nSPS) is 15.2. The van der Waals surface area contributed by atoms with Crippen molar-refractivity contribution in [1.82, 2.24) is 14.5 Å². The molecule has 0 saturated carbocycles. The van der Waals surface area contributed by atoms with Crippen LogP contribution in [0.3, 0.4) is 0 Å². The van der Waals surface area contributed by atoms with Gasteiger partial charge in [-0.25, -0.2) is 9.37 Å². The molecule has 1 aliphatic heterocycles. The van der Waals surface area contributed by atoms with Crippen molar-refractivity contribution in [2.24, 2.45) is 0 Å². The zero-order valence-electron chi connectivity index (χ0n) is 10.4. The van der Waals surface area contributed by atoms with Crippen LogP contribution in [-0.2, 0) is 13.1 Å². The smallest absolute Gasteiger partial charge is 0.176 e. The van der Waals surface area contributed by atoms with Gasteiger partial charge in [0.2, 0.25) is 0 Å². The second-order valence-electron chi connectivity index (χ2n) is 4.68. The molecular formula is C14H14FN3O. The molecule has 3 rings (SSSR count). The van der Waals surface area contributed by atoms with Crippen molar-refractivity contribution >= 4 is 5.78 Å². The molecule has 0 radical (unpaired) electrons. The van der Waals surface area contributed by atoms with Crippen LogP contribution in [0.1, 0.15) is 16.2 Å². The summed E-state index contributed by atoms with van der Waals surface area (Å²) < 4.78 is 15.2. The van der Waals surface area contributed by atoms with Gasteiger partial charge in [0.1, 0.15) is 11.6 Å². The molecule has 0 spiro atoms. The SMILES string of the molecule is O=C(CN1CCn2ccnc2C1)c1cccc(F)c1. The highest BCUT2D eigenvalue weighted by molar-refractivity contribution is 5.97. The summed E-state index contributed by atoms with van der Waals surface area (Å²) in [4.78, 5) is 18.4. The van der Waals surface area contributed by atoms with Crippen molar-refractivity contribution in [2.45, 2.75) is 13.1 Å². The minimum atomic E-state index is -0.375. The maximum Gasteiger partial charge on any atom is 0.176 e. The number of aromatic nitrogens is 2. The van der Waals surface area contributed by atoms with Gasteiger partial charge in [-0.2, -0.15) is 0 Å². The molecule has 2 heterocycles. The molecule has 0 unspecified atom stereocenters. The van der Waals surface area contributed by atoms with E-state index in [1.807, 2.05) is 11.1 Å². The number of hydrogen-bond acceptors (Lipinski definition) is 3. The van der Waals surface area contributed by atoms with Crippen molar-refractivity contribution in [3.63, 3.8) is 0 Å². The summed E-state index contributed by atoms with van der Waals surface area (Å²) in [6, 6.07) is 5.84. The molecule has 0 atom stereocenters. The predicted octanol–water partition coefficient (Wildman–Crippen LogP) is 1.72. The van der Waals surface area contributed by atoms with Crippen LogP contribution in [0.15, 0.2) is 36.7 Å². The van der Waals surface area contributed by atoms with Crippen LogP contribution in [0.4, 0.5) is 4.39 Å². The van der Waals surface area contributed by atoms with E-state index in [9.17, 15) is 9.18 Å². The number of fused-ring (bicyclic) bond motifs is 1. The van der Waals surface area contributed by atoms with Crippen LogP contribution in [0.25, 0.3) is 0 Å². The Kier molecular flexibility index (Phi) is 3.13. The fraction of sp³-hybridized carbons (Fsp3) is 0.286. The van der Waals surface area contributed by atoms with Crippen LogP contribution >= 0.6 is 0 Å². The Balaban J connectivity index is 1.68. The highest BCUT2D eigenvalue weighted by Gasteiger charge is 2.19. The largest absolute Gasteiger partial charge is 0.333 e. The van der Waals surface area contributed by atoms with Gasteiger partial charge in [-0.1, -0.05) is 12.1 Å². The first-order chi connectivity index (χ1) is 9.22. The second kappa shape index (κ2) is 4.93. The topological polar surface area (TPSA) is 38.1 Å². The molecule has 0 fully saturated rings. The van der Waals surface area contributed by atoms with Crippen molar-refractivity contribution in [1.29, 1.82) is 0 Å². The molecule has 0 aliphatic carbocycles. The Labute approximate surface area is 110 Å². The zero-order chi connectivity index (χ0) is 13.2. The summed E-state index contributed by atoms with van der Waals surface area (Å²) in [6.07, 6.45) is 3.72. The molecule has 5 heteroatoms. The molecular weight excluding hydrogens is 245 g/mol. The Morgan fingerprint density at radius 2 is 2.26 bits per heavy atom. The van der Waals surface area contributed by atoms with Crippen LogP contribution in [0.5, 0.6) is 0 Å². The number of carbonyl (C=O) groups excluding carboxylic acids is 1. The van der Waals surface area contributed by atoms with Crippen molar-refractivity contribution in [2.75, 3.05) is 13.1 Å². The van der Waals surface area contributed by atoms with Crippen molar-refractivity contribution in [3.8, 4) is 0 Å². The summed E-state index contributed by atoms with van der Waals surface area (Å²) in [7, 11) is 0. The standard InChI is InChI=1S/C14H14FN3O/c15-12-3-1-2-11(8-12)13(19)9-17-6-7-18-5-4-16-14(18)10-17/h1-5,8H,6-7,9-10H2. The molecule has 19 heavy (non-hydrogen) atoms. The molecule has 0 bridgehead atoms. The van der Waals surface area contributed by atoms with E-state index in [0.29, 0.717) is 18.7 Å². The number of rotatable bonds is 3. The third-order valence-electron chi connectivity index (χ3n) is 3.34. The molecule has 1 aliphatic rings. The molecule has 98 valence electrons. The van der Waals surface area contributed by atoms with E-state index < -0.39 is 0 Å². The van der Waals surface area contributed by atoms with E-state index in [1.165, 1.54) is 12.1 Å². The molecule has 0 amide bonds. The molecule has 2 aromatic rings. The predicted molar refractivity (Wildman–Crippen MR) is 68.2 cm³/mol. The third kappa shape index (κ3) is 2.56. The van der Waals surface area contributed by atoms with Gasteiger partial charge in [0, 0.05) is 31.0 Å². The Bertz CT molecular complexity index is 608. The summed E-state index contributed by atoms with van der Waals surface area (Å²) in [5.41, 5.74) is 0.425. The fourth-order valence-corrected chi connectivity index (χ4v) is 2.31. The fourth-order valence-electron chi connectivity index (χ4n) is 2.31. The van der Waals surface area contributed by atoms with Crippen molar-refractivity contribution in [3.05, 3.63) is 53.9 Å². The lowest BCUT2D eigenvalue weighted by Gasteiger charge is -2.26. The lowest BCUT2D eigenvalue weighted by atomic mass is 10.1. The minimum Gasteiger partial charge on any atom is -0.333 e. The summed E-state index contributed by atoms with van der Waals surface area (Å²) >= 11 is 0. The highest BCUT2D eigenvalue weighted by Crippen LogP contribution is 2.12. The lowest BCUT2D eigenvalue weighted by molar-refractivity contribution is 0.0907. The van der Waals surface area contributed by atoms with Gasteiger partial charge in [-0.05, 0) is 12.1 Å². The Morgan fingerprint density at radius 3 is 3.11 bits per heavy atom. The number of nitrogens with zero attached hydrogens (tertiary/aromatic N) is 3. The number of benzene rings is 1. The maximum absolute atomic E-state index is 13.1. The van der Waals surface area contributed by atoms with Crippen molar-refractivity contribution < 1.29 is 9.18 Å². The Morgan fingerprint density at radius 1 is 1.37 bits per heavy atom. The summed E-state index contributed by atoms with van der Waals surface area (Å²) in [6.45, 7) is 2.61. The highest BCUT2D eigenvalue weighted by atomic mass is 19.1. The van der Waals surface area contributed by atoms with E-state index in [-0.39, 0.29) is 11.6 Å². The number of halogens is 1. The number of Topliss-reactive ketones (excluding diaryl/α,β-unsaturated/α-hetero) is 1. The van der Waals surface area contributed by atoms with Gasteiger partial charge in [0.25, 0.3) is 0 Å². The first-order valence-corrected chi connectivity index (χ1v) is 6.23. The van der Waals surface area contributed by atoms with Gasteiger partial charge in [-0.15, -0.1) is 0 Å². The first-order valence-electron chi connectivity index (χ1n) is 6.23. The molecule has 1 aromatic heterocycles. The monoisotopic (exact) mass is 259 g/mol. The van der Waals surface area contributed by atoms with E-state index in [1.54, 1.807) is 18.3 Å². The molecule has 1 aromatic carbocycles. The number of imidazole rings is 1. The van der Waals surface area contributed by atoms with Gasteiger partial charge < -0.3 is 4.57 Å². The average Bonchev–Trinajstić information content (AvgIpc) is 2.86. The van der Waals surface area contributed by atoms with E-state index in [0.717, 1.165) is 18.9 Å². The Hall–Kier alpha value is -2.01. The minimum absolute atomic E-state index is 0.0560. The number of carbonyl (C=O) groups is 1. The van der Waals surface area contributed by atoms with Gasteiger partial charge in [0.15, 0.2) is 5.78 Å². The van der Waals surface area contributed by atoms with Gasteiger partial charge in [0.05, 0.1) is 13.1 Å². The number of ketones is 1. The maximum atomic E-state index is 13.1. The molecule has 4 nitrogen and oxygen atoms in total. The van der Waals surface area contributed by atoms with Crippen LogP contribution < -0.4 is 0 Å². The second-order valence-corrected chi connectivity index (χ2v) is 4.68. The molecule has 0 N–H and O–H groups in total. The summed E-state index contributed by atoms with van der Waals surface area (Å²) in [5.74, 6) is 0.540. The van der Waals surface area contributed by atoms with Crippen LogP contribution in [0, 0.1) is 5.82 Å². The van der Waals surface area contributed by atoms with Crippen LogP contribution in [0.2, 0.25) is 0 Å².